The largest absolute Gasteiger partial charge is 0.340 e. The highest BCUT2D eigenvalue weighted by molar-refractivity contribution is 6.00. The number of carbonyl (C=O) groups excluding carboxylic acids is 2. The summed E-state index contributed by atoms with van der Waals surface area (Å²) in [7, 11) is 1.77. The molecular formula is C18H18N2O2. The average molecular weight is 294 g/mol. The Morgan fingerprint density at radius 1 is 1.09 bits per heavy atom. The second-order valence-electron chi connectivity index (χ2n) is 5.55. The van der Waals surface area contributed by atoms with E-state index >= 15 is 0 Å². The van der Waals surface area contributed by atoms with Gasteiger partial charge < -0.3 is 9.80 Å². The maximum absolute atomic E-state index is 12.3. The molecule has 1 aliphatic rings. The van der Waals surface area contributed by atoms with Crippen LogP contribution in [0.3, 0.4) is 0 Å². The lowest BCUT2D eigenvalue weighted by Crippen LogP contribution is -2.38. The Hall–Kier alpha value is -2.62. The second kappa shape index (κ2) is 6.02. The van der Waals surface area contributed by atoms with Gasteiger partial charge in [0.2, 0.25) is 5.91 Å². The van der Waals surface area contributed by atoms with Gasteiger partial charge in [0.25, 0.3) is 5.91 Å². The molecule has 0 atom stereocenters. The first-order valence-corrected chi connectivity index (χ1v) is 7.30. The van der Waals surface area contributed by atoms with Crippen LogP contribution in [0.1, 0.15) is 21.5 Å². The third-order valence-corrected chi connectivity index (χ3v) is 3.91. The summed E-state index contributed by atoms with van der Waals surface area (Å²) in [6.45, 7) is 1.19. The van der Waals surface area contributed by atoms with Gasteiger partial charge in [0.1, 0.15) is 6.54 Å². The van der Waals surface area contributed by atoms with Crippen molar-refractivity contribution >= 4 is 11.8 Å². The van der Waals surface area contributed by atoms with Gasteiger partial charge in [-0.15, -0.1) is 0 Å². The Morgan fingerprint density at radius 3 is 2.50 bits per heavy atom. The molecule has 1 heterocycles. The zero-order valence-electron chi connectivity index (χ0n) is 12.5. The van der Waals surface area contributed by atoms with E-state index in [0.717, 1.165) is 11.1 Å². The van der Waals surface area contributed by atoms with Gasteiger partial charge in [0.15, 0.2) is 0 Å². The van der Waals surface area contributed by atoms with Crippen LogP contribution in [-0.2, 0) is 17.9 Å². The van der Waals surface area contributed by atoms with Crippen molar-refractivity contribution in [1.29, 1.82) is 0 Å². The summed E-state index contributed by atoms with van der Waals surface area (Å²) in [6.07, 6.45) is 0. The molecule has 4 nitrogen and oxygen atoms in total. The van der Waals surface area contributed by atoms with Crippen LogP contribution in [0.5, 0.6) is 0 Å². The number of rotatable bonds is 4. The molecule has 0 bridgehead atoms. The van der Waals surface area contributed by atoms with E-state index in [-0.39, 0.29) is 18.4 Å². The quantitative estimate of drug-likeness (QED) is 0.868. The molecule has 2 aromatic carbocycles. The van der Waals surface area contributed by atoms with Crippen molar-refractivity contribution < 1.29 is 9.59 Å². The highest BCUT2D eigenvalue weighted by Gasteiger charge is 2.28. The van der Waals surface area contributed by atoms with E-state index in [9.17, 15) is 9.59 Å². The topological polar surface area (TPSA) is 40.6 Å². The van der Waals surface area contributed by atoms with Crippen LogP contribution < -0.4 is 0 Å². The van der Waals surface area contributed by atoms with Gasteiger partial charge in [-0.1, -0.05) is 48.5 Å². The van der Waals surface area contributed by atoms with Gasteiger partial charge in [0.05, 0.1) is 0 Å². The van der Waals surface area contributed by atoms with Crippen molar-refractivity contribution in [3.8, 4) is 0 Å². The van der Waals surface area contributed by atoms with E-state index in [2.05, 4.69) is 0 Å². The smallest absolute Gasteiger partial charge is 0.254 e. The monoisotopic (exact) mass is 294 g/mol. The maximum Gasteiger partial charge on any atom is 0.254 e. The molecule has 0 N–H and O–H groups in total. The molecule has 0 fully saturated rings. The van der Waals surface area contributed by atoms with E-state index < -0.39 is 0 Å². The highest BCUT2D eigenvalue weighted by atomic mass is 16.2. The first kappa shape index (κ1) is 14.3. The van der Waals surface area contributed by atoms with Crippen molar-refractivity contribution in [2.24, 2.45) is 0 Å². The Morgan fingerprint density at radius 2 is 1.77 bits per heavy atom. The molecule has 0 radical (unpaired) electrons. The fourth-order valence-corrected chi connectivity index (χ4v) is 2.67. The predicted octanol–water partition coefficient (Wildman–Crippen LogP) is 2.30. The third kappa shape index (κ3) is 2.86. The lowest BCUT2D eigenvalue weighted by Gasteiger charge is -2.21. The summed E-state index contributed by atoms with van der Waals surface area (Å²) in [5, 5.41) is 0. The SMILES string of the molecule is CN(Cc1ccccc1)C(=O)CN1Cc2ccccc2C1=O. The molecule has 0 aromatic heterocycles. The van der Waals surface area contributed by atoms with Crippen LogP contribution in [0.2, 0.25) is 0 Å². The van der Waals surface area contributed by atoms with Gasteiger partial charge in [-0.3, -0.25) is 9.59 Å². The standard InChI is InChI=1S/C18H18N2O2/c1-19(11-14-7-3-2-4-8-14)17(21)13-20-12-15-9-5-6-10-16(15)18(20)22/h2-10H,11-13H2,1H3. The summed E-state index contributed by atoms with van der Waals surface area (Å²) < 4.78 is 0. The molecular weight excluding hydrogens is 276 g/mol. The number of nitrogens with zero attached hydrogens (tertiary/aromatic N) is 2. The molecule has 2 amide bonds. The molecule has 2 aromatic rings. The number of amides is 2. The van der Waals surface area contributed by atoms with Gasteiger partial charge in [-0.25, -0.2) is 0 Å². The fraction of sp³-hybridized carbons (Fsp3) is 0.222. The maximum atomic E-state index is 12.3. The zero-order chi connectivity index (χ0) is 15.5. The number of fused-ring (bicyclic) bond motifs is 1. The van der Waals surface area contributed by atoms with E-state index in [4.69, 9.17) is 0 Å². The first-order valence-electron chi connectivity index (χ1n) is 7.30. The Balaban J connectivity index is 1.62. The number of benzene rings is 2. The second-order valence-corrected chi connectivity index (χ2v) is 5.55. The van der Waals surface area contributed by atoms with Crippen molar-refractivity contribution in [2.45, 2.75) is 13.1 Å². The van der Waals surface area contributed by atoms with Gasteiger partial charge in [-0.2, -0.15) is 0 Å². The average Bonchev–Trinajstić information content (AvgIpc) is 2.85. The summed E-state index contributed by atoms with van der Waals surface area (Å²) in [6, 6.07) is 17.3. The summed E-state index contributed by atoms with van der Waals surface area (Å²) >= 11 is 0. The first-order chi connectivity index (χ1) is 10.6. The van der Waals surface area contributed by atoms with Crippen LogP contribution in [0.25, 0.3) is 0 Å². The lowest BCUT2D eigenvalue weighted by atomic mass is 10.1. The van der Waals surface area contributed by atoms with Gasteiger partial charge in [-0.05, 0) is 17.2 Å². The van der Waals surface area contributed by atoms with Gasteiger partial charge in [0, 0.05) is 25.7 Å². The molecule has 112 valence electrons. The Bertz CT molecular complexity index is 697. The molecule has 0 spiro atoms. The van der Waals surface area contributed by atoms with Crippen LogP contribution >= 0.6 is 0 Å². The molecule has 3 rings (SSSR count). The number of hydrogen-bond donors (Lipinski definition) is 0. The Labute approximate surface area is 130 Å². The molecule has 0 aliphatic carbocycles. The Kier molecular flexibility index (Phi) is 3.92. The van der Waals surface area contributed by atoms with E-state index in [1.807, 2.05) is 54.6 Å². The molecule has 1 aliphatic heterocycles. The lowest BCUT2D eigenvalue weighted by molar-refractivity contribution is -0.131. The molecule has 4 heteroatoms. The van der Waals surface area contributed by atoms with E-state index in [0.29, 0.717) is 18.7 Å². The fourth-order valence-electron chi connectivity index (χ4n) is 2.67. The summed E-state index contributed by atoms with van der Waals surface area (Å²) in [4.78, 5) is 27.9. The molecule has 0 unspecified atom stereocenters. The van der Waals surface area contributed by atoms with Crippen LogP contribution in [0.4, 0.5) is 0 Å². The minimum atomic E-state index is -0.0583. The van der Waals surface area contributed by atoms with E-state index in [1.165, 1.54) is 0 Å². The minimum Gasteiger partial charge on any atom is -0.340 e. The van der Waals surface area contributed by atoms with Crippen molar-refractivity contribution in [1.82, 2.24) is 9.80 Å². The number of hydrogen-bond acceptors (Lipinski definition) is 2. The summed E-state index contributed by atoms with van der Waals surface area (Å²) in [5.74, 6) is -0.109. The van der Waals surface area contributed by atoms with Crippen molar-refractivity contribution in [2.75, 3.05) is 13.6 Å². The van der Waals surface area contributed by atoms with Crippen LogP contribution in [-0.4, -0.2) is 35.2 Å². The molecule has 22 heavy (non-hydrogen) atoms. The van der Waals surface area contributed by atoms with Crippen molar-refractivity contribution in [3.05, 3.63) is 71.3 Å². The number of carbonyl (C=O) groups is 2. The third-order valence-electron chi connectivity index (χ3n) is 3.91. The highest BCUT2D eigenvalue weighted by Crippen LogP contribution is 2.22. The number of likely N-dealkylation sites (N-methyl/N-ethyl adjacent to an activating group) is 1. The summed E-state index contributed by atoms with van der Waals surface area (Å²) in [5.41, 5.74) is 2.78. The van der Waals surface area contributed by atoms with E-state index in [1.54, 1.807) is 16.8 Å². The predicted molar refractivity (Wildman–Crippen MR) is 84.1 cm³/mol. The molecule has 0 saturated carbocycles. The van der Waals surface area contributed by atoms with Gasteiger partial charge >= 0.3 is 0 Å². The van der Waals surface area contributed by atoms with Crippen LogP contribution in [0, 0.1) is 0 Å². The normalized spacial score (nSPS) is 13.1. The minimum absolute atomic E-state index is 0.0509. The zero-order valence-corrected chi connectivity index (χ0v) is 12.5. The van der Waals surface area contributed by atoms with Crippen LogP contribution in [0.15, 0.2) is 54.6 Å². The molecule has 0 saturated heterocycles. The van der Waals surface area contributed by atoms with Crippen molar-refractivity contribution in [3.63, 3.8) is 0 Å².